The fraction of sp³-hybridized carbons (Fsp3) is 0.389. The molecule has 0 aliphatic carbocycles. The Morgan fingerprint density at radius 3 is 2.88 bits per heavy atom. The molecule has 24 heavy (non-hydrogen) atoms. The Hall–Kier alpha value is -2.21. The third kappa shape index (κ3) is 4.00. The number of rotatable bonds is 6. The van der Waals surface area contributed by atoms with Crippen molar-refractivity contribution < 1.29 is 9.59 Å². The van der Waals surface area contributed by atoms with Crippen LogP contribution in [-0.4, -0.2) is 34.8 Å². The van der Waals surface area contributed by atoms with E-state index in [1.54, 1.807) is 28.6 Å². The minimum atomic E-state index is -0.247. The normalized spacial score (nSPS) is 17.3. The van der Waals surface area contributed by atoms with Crippen LogP contribution >= 0.6 is 11.3 Å². The first-order valence-electron chi connectivity index (χ1n) is 8.11. The van der Waals surface area contributed by atoms with E-state index < -0.39 is 0 Å². The van der Waals surface area contributed by atoms with Crippen molar-refractivity contribution in [1.82, 2.24) is 15.2 Å². The Bertz CT molecular complexity index is 714. The lowest BCUT2D eigenvalue weighted by molar-refractivity contribution is -0.129. The first kappa shape index (κ1) is 16.6. The number of aryl methyl sites for hydroxylation is 1. The largest absolute Gasteiger partial charge is 0.355 e. The summed E-state index contributed by atoms with van der Waals surface area (Å²) in [5.41, 5.74) is 2.31. The van der Waals surface area contributed by atoms with Gasteiger partial charge in [0.05, 0.1) is 5.92 Å². The highest BCUT2D eigenvalue weighted by Gasteiger charge is 2.33. The molecule has 1 N–H and O–H groups in total. The molecule has 3 rings (SSSR count). The predicted octanol–water partition coefficient (Wildman–Crippen LogP) is 2.16. The minimum Gasteiger partial charge on any atom is -0.355 e. The summed E-state index contributed by atoms with van der Waals surface area (Å²) in [5, 5.41) is 5.04. The van der Waals surface area contributed by atoms with Crippen LogP contribution in [0.5, 0.6) is 0 Å². The number of carbonyl (C=O) groups is 2. The standard InChI is InChI=1S/C18H21N3O2S/c1-13-5-9-24-16(13)4-8-20-18(23)15-10-17(22)21(12-15)11-14-2-6-19-7-3-14/h2-3,5-7,9,15H,4,8,10-12H2,1H3,(H,20,23)/t15-/m1/s1. The van der Waals surface area contributed by atoms with Crippen LogP contribution in [-0.2, 0) is 22.6 Å². The Morgan fingerprint density at radius 2 is 2.17 bits per heavy atom. The fourth-order valence-corrected chi connectivity index (χ4v) is 3.82. The van der Waals surface area contributed by atoms with Crippen molar-refractivity contribution in [1.29, 1.82) is 0 Å². The summed E-state index contributed by atoms with van der Waals surface area (Å²) in [4.78, 5) is 31.5. The number of hydrogen-bond acceptors (Lipinski definition) is 4. The Balaban J connectivity index is 1.48. The number of nitrogens with zero attached hydrogens (tertiary/aromatic N) is 2. The highest BCUT2D eigenvalue weighted by Crippen LogP contribution is 2.20. The van der Waals surface area contributed by atoms with Crippen molar-refractivity contribution in [2.75, 3.05) is 13.1 Å². The second-order valence-electron chi connectivity index (χ2n) is 6.10. The Labute approximate surface area is 145 Å². The molecule has 3 heterocycles. The van der Waals surface area contributed by atoms with Crippen LogP contribution in [0.2, 0.25) is 0 Å². The number of carbonyl (C=O) groups excluding carboxylic acids is 2. The average molecular weight is 343 g/mol. The second-order valence-corrected chi connectivity index (χ2v) is 7.10. The van der Waals surface area contributed by atoms with E-state index >= 15 is 0 Å². The van der Waals surface area contributed by atoms with E-state index in [1.807, 2.05) is 12.1 Å². The van der Waals surface area contributed by atoms with Gasteiger partial charge in [-0.15, -0.1) is 11.3 Å². The van der Waals surface area contributed by atoms with Crippen molar-refractivity contribution >= 4 is 23.2 Å². The molecule has 1 aliphatic heterocycles. The van der Waals surface area contributed by atoms with E-state index in [0.29, 0.717) is 26.1 Å². The van der Waals surface area contributed by atoms with Crippen molar-refractivity contribution in [3.05, 3.63) is 52.0 Å². The smallest absolute Gasteiger partial charge is 0.225 e. The lowest BCUT2D eigenvalue weighted by Crippen LogP contribution is -2.34. The van der Waals surface area contributed by atoms with Gasteiger partial charge in [0.1, 0.15) is 0 Å². The molecule has 2 aromatic heterocycles. The SMILES string of the molecule is Cc1ccsc1CCNC(=O)[C@@H]1CC(=O)N(Cc2ccncc2)C1. The maximum atomic E-state index is 12.3. The van der Waals surface area contributed by atoms with Crippen LogP contribution in [0.15, 0.2) is 36.0 Å². The van der Waals surface area contributed by atoms with Crippen LogP contribution in [0, 0.1) is 12.8 Å². The van der Waals surface area contributed by atoms with Crippen molar-refractivity contribution in [2.45, 2.75) is 26.3 Å². The van der Waals surface area contributed by atoms with Gasteiger partial charge in [-0.1, -0.05) is 0 Å². The molecule has 6 heteroatoms. The van der Waals surface area contributed by atoms with Gasteiger partial charge in [-0.25, -0.2) is 0 Å². The quantitative estimate of drug-likeness (QED) is 0.874. The summed E-state index contributed by atoms with van der Waals surface area (Å²) >= 11 is 1.72. The zero-order valence-corrected chi connectivity index (χ0v) is 14.5. The molecule has 5 nitrogen and oxygen atoms in total. The molecule has 2 amide bonds. The lowest BCUT2D eigenvalue weighted by Gasteiger charge is -2.16. The number of hydrogen-bond donors (Lipinski definition) is 1. The summed E-state index contributed by atoms with van der Waals surface area (Å²) in [7, 11) is 0. The molecule has 0 unspecified atom stereocenters. The maximum Gasteiger partial charge on any atom is 0.225 e. The maximum absolute atomic E-state index is 12.3. The summed E-state index contributed by atoms with van der Waals surface area (Å²) in [6.07, 6.45) is 4.57. The lowest BCUT2D eigenvalue weighted by atomic mass is 10.1. The van der Waals surface area contributed by atoms with E-state index in [2.05, 4.69) is 28.7 Å². The van der Waals surface area contributed by atoms with Crippen molar-refractivity contribution in [3.8, 4) is 0 Å². The van der Waals surface area contributed by atoms with Gasteiger partial charge in [-0.3, -0.25) is 14.6 Å². The Morgan fingerprint density at radius 1 is 1.38 bits per heavy atom. The fourth-order valence-electron chi connectivity index (χ4n) is 2.91. The molecule has 0 spiro atoms. The molecule has 0 saturated carbocycles. The van der Waals surface area contributed by atoms with Crippen LogP contribution < -0.4 is 5.32 Å². The van der Waals surface area contributed by atoms with Crippen molar-refractivity contribution in [2.24, 2.45) is 5.92 Å². The van der Waals surface area contributed by atoms with E-state index in [9.17, 15) is 9.59 Å². The molecule has 126 valence electrons. The average Bonchev–Trinajstić information content (AvgIpc) is 3.15. The highest BCUT2D eigenvalue weighted by molar-refractivity contribution is 7.10. The number of pyridine rings is 1. The first-order chi connectivity index (χ1) is 11.6. The number of amides is 2. The second kappa shape index (κ2) is 7.57. The topological polar surface area (TPSA) is 62.3 Å². The zero-order chi connectivity index (χ0) is 16.9. The molecule has 1 fully saturated rings. The zero-order valence-electron chi connectivity index (χ0n) is 13.7. The predicted molar refractivity (Wildman–Crippen MR) is 93.5 cm³/mol. The summed E-state index contributed by atoms with van der Waals surface area (Å²) in [6, 6.07) is 5.88. The third-order valence-corrected chi connectivity index (χ3v) is 5.41. The summed E-state index contributed by atoms with van der Waals surface area (Å²) < 4.78 is 0. The van der Waals surface area contributed by atoms with Gasteiger partial charge in [0.2, 0.25) is 11.8 Å². The molecule has 1 atom stereocenters. The molecule has 0 bridgehead atoms. The molecule has 2 aromatic rings. The third-order valence-electron chi connectivity index (χ3n) is 4.33. The molecular weight excluding hydrogens is 322 g/mol. The van der Waals surface area contributed by atoms with E-state index in [-0.39, 0.29) is 17.7 Å². The molecule has 0 aromatic carbocycles. The van der Waals surface area contributed by atoms with E-state index in [4.69, 9.17) is 0 Å². The van der Waals surface area contributed by atoms with Gasteiger partial charge in [-0.2, -0.15) is 0 Å². The van der Waals surface area contributed by atoms with Gasteiger partial charge in [-0.05, 0) is 48.1 Å². The first-order valence-corrected chi connectivity index (χ1v) is 8.99. The van der Waals surface area contributed by atoms with E-state index in [1.165, 1.54) is 10.4 Å². The number of nitrogens with one attached hydrogen (secondary N) is 1. The molecule has 0 radical (unpaired) electrons. The van der Waals surface area contributed by atoms with Crippen LogP contribution in [0.4, 0.5) is 0 Å². The number of likely N-dealkylation sites (tertiary alicyclic amines) is 1. The Kier molecular flexibility index (Phi) is 5.25. The van der Waals surface area contributed by atoms with Gasteiger partial charge < -0.3 is 10.2 Å². The van der Waals surface area contributed by atoms with Crippen LogP contribution in [0.1, 0.15) is 22.4 Å². The monoisotopic (exact) mass is 343 g/mol. The van der Waals surface area contributed by atoms with Gasteiger partial charge in [0.25, 0.3) is 0 Å². The van der Waals surface area contributed by atoms with Gasteiger partial charge in [0.15, 0.2) is 0 Å². The van der Waals surface area contributed by atoms with Crippen LogP contribution in [0.3, 0.4) is 0 Å². The summed E-state index contributed by atoms with van der Waals surface area (Å²) in [5.74, 6) is -0.223. The molecule has 1 aliphatic rings. The number of thiophene rings is 1. The van der Waals surface area contributed by atoms with Crippen LogP contribution in [0.25, 0.3) is 0 Å². The molecule has 1 saturated heterocycles. The minimum absolute atomic E-state index is 0.0187. The number of aromatic nitrogens is 1. The summed E-state index contributed by atoms with van der Waals surface area (Å²) in [6.45, 7) is 3.74. The highest BCUT2D eigenvalue weighted by atomic mass is 32.1. The molecular formula is C18H21N3O2S. The van der Waals surface area contributed by atoms with E-state index in [0.717, 1.165) is 12.0 Å². The van der Waals surface area contributed by atoms with Gasteiger partial charge in [0, 0.05) is 43.3 Å². The van der Waals surface area contributed by atoms with Gasteiger partial charge >= 0.3 is 0 Å². The van der Waals surface area contributed by atoms with Crippen molar-refractivity contribution in [3.63, 3.8) is 0 Å².